The molecule has 3 aromatic heterocycles. The summed E-state index contributed by atoms with van der Waals surface area (Å²) >= 11 is 1.53. The maximum absolute atomic E-state index is 15.1. The van der Waals surface area contributed by atoms with Crippen molar-refractivity contribution in [3.05, 3.63) is 58.2 Å². The fourth-order valence-electron chi connectivity index (χ4n) is 10.5. The summed E-state index contributed by atoms with van der Waals surface area (Å²) in [5, 5.41) is 15.9. The normalized spacial score (nSPS) is 29.1. The Labute approximate surface area is 358 Å². The van der Waals surface area contributed by atoms with Crippen molar-refractivity contribution in [3.8, 4) is 22.5 Å². The van der Waals surface area contributed by atoms with Gasteiger partial charge in [0, 0.05) is 83.8 Å². The van der Waals surface area contributed by atoms with Crippen molar-refractivity contribution >= 4 is 49.4 Å². The number of benzene rings is 1. The zero-order chi connectivity index (χ0) is 42.5. The van der Waals surface area contributed by atoms with E-state index < -0.39 is 34.3 Å². The zero-order valence-corrected chi connectivity index (χ0v) is 37.8. The summed E-state index contributed by atoms with van der Waals surface area (Å²) < 4.78 is 14.3. The summed E-state index contributed by atoms with van der Waals surface area (Å²) in [7, 11) is 3.88. The molecule has 2 N–H and O–H groups in total. The van der Waals surface area contributed by atoms with Crippen LogP contribution in [0.5, 0.6) is 0 Å². The number of amides is 1. The Balaban J connectivity index is 1.16. The van der Waals surface area contributed by atoms with Gasteiger partial charge in [-0.05, 0) is 81.4 Å². The number of ether oxygens (including phenoxy) is 2. The number of aryl methyl sites for hydroxylation is 1. The molecule has 7 atom stereocenters. The molecule has 4 unspecified atom stereocenters. The average Bonchev–Trinajstić information content (AvgIpc) is 3.92. The van der Waals surface area contributed by atoms with Crippen LogP contribution in [-0.2, 0) is 43.2 Å². The van der Waals surface area contributed by atoms with Crippen LogP contribution in [0, 0.1) is 16.7 Å². The summed E-state index contributed by atoms with van der Waals surface area (Å²) in [6, 6.07) is 9.39. The predicted octanol–water partition coefficient (Wildman–Crippen LogP) is 5.50. The van der Waals surface area contributed by atoms with Gasteiger partial charge in [-0.25, -0.2) is 10.4 Å². The molecule has 9 rings (SSSR count). The molecule has 1 aliphatic carbocycles. The number of cyclic esters (lactones) is 1. The maximum atomic E-state index is 15.1. The fraction of sp³-hybridized carbons (Fsp3) is 0.578. The van der Waals surface area contributed by atoms with Crippen molar-refractivity contribution in [3.63, 3.8) is 0 Å². The number of aliphatic hydroxyl groups excluding tert-OH is 1. The van der Waals surface area contributed by atoms with E-state index in [1.54, 1.807) is 12.1 Å². The van der Waals surface area contributed by atoms with Gasteiger partial charge in [-0.15, -0.1) is 11.3 Å². The Bertz CT molecular complexity index is 2360. The number of nitrogens with one attached hydrogen (secondary N) is 1. The molecule has 6 bridgehead atoms. The molecule has 4 aromatic rings. The van der Waals surface area contributed by atoms with Gasteiger partial charge in [0.05, 0.1) is 55.8 Å². The number of hydrazine groups is 1. The van der Waals surface area contributed by atoms with Crippen LogP contribution in [0.15, 0.2) is 41.9 Å². The quantitative estimate of drug-likeness (QED) is 0.172. The smallest absolute Gasteiger partial charge is 0.324 e. The highest BCUT2D eigenvalue weighted by Crippen LogP contribution is 2.95. The van der Waals surface area contributed by atoms with Gasteiger partial charge >= 0.3 is 5.97 Å². The average molecular weight is 852 g/mol. The second kappa shape index (κ2) is 15.2. The summed E-state index contributed by atoms with van der Waals surface area (Å²) in [4.78, 5) is 57.9. The fourth-order valence-corrected chi connectivity index (χ4v) is 13.6. The van der Waals surface area contributed by atoms with E-state index in [0.717, 1.165) is 56.2 Å². The highest BCUT2D eigenvalue weighted by molar-refractivity contribution is 7.10. The number of esters is 1. The number of carbonyl (C=O) groups is 3. The van der Waals surface area contributed by atoms with Crippen LogP contribution < -0.4 is 5.43 Å². The number of thiazole rings is 1. The van der Waals surface area contributed by atoms with Crippen LogP contribution in [0.25, 0.3) is 33.4 Å². The molecule has 15 heteroatoms. The van der Waals surface area contributed by atoms with Crippen molar-refractivity contribution in [2.24, 2.45) is 16.7 Å². The van der Waals surface area contributed by atoms with Crippen LogP contribution in [0.3, 0.4) is 0 Å². The third kappa shape index (κ3) is 6.44. The van der Waals surface area contributed by atoms with Gasteiger partial charge in [0.25, 0.3) is 0 Å². The summed E-state index contributed by atoms with van der Waals surface area (Å²) in [5.74, 6) is -0.551. The lowest BCUT2D eigenvalue weighted by Gasteiger charge is -2.39. The highest BCUT2D eigenvalue weighted by atomic mass is 32.1. The second-order valence-electron chi connectivity index (χ2n) is 18.6. The number of hydrogen-bond acceptors (Lipinski definition) is 12. The first kappa shape index (κ1) is 41.5. The van der Waals surface area contributed by atoms with E-state index in [9.17, 15) is 9.90 Å². The molecule has 4 fully saturated rings. The van der Waals surface area contributed by atoms with Crippen LogP contribution in [0.1, 0.15) is 76.8 Å². The standard InChI is InChI=1S/C45H57N7O6SSi/c1-9-50-33-15-14-27-20-29(33)30(37(50)28-12-10-16-46-35(28)26(4)57-8)21-43(5,6)24-58-39(54)31-13-11-17-52(48-31)41(55)44(22-34-47-32(27)23-59-34)40-45(44,60-40)38(53)36(25(2)3)51-19-18-49(7)42(51)56/h10,12,14-16,20,23,25-26,31,36,40,42,48,56H,9,11,13,17-19,21-22,24H2,1-8H3/t26-,31-,36?,40?,42?,44?,45-/m0/s1. The summed E-state index contributed by atoms with van der Waals surface area (Å²) in [6.45, 7) is 15.1. The molecular formula is C45H57N7O6SSi. The van der Waals surface area contributed by atoms with E-state index in [1.807, 2.05) is 49.9 Å². The van der Waals surface area contributed by atoms with Gasteiger partial charge in [0.2, 0.25) is 5.91 Å². The minimum absolute atomic E-state index is 0.0449. The van der Waals surface area contributed by atoms with Crippen LogP contribution in [0.2, 0.25) is 10.6 Å². The molecule has 13 nitrogen and oxygen atoms in total. The first-order valence-corrected chi connectivity index (χ1v) is 23.4. The zero-order valence-electron chi connectivity index (χ0n) is 35.9. The Morgan fingerprint density at radius 1 is 1.15 bits per heavy atom. The molecule has 2 radical (unpaired) electrons. The van der Waals surface area contributed by atoms with Crippen LogP contribution in [0.4, 0.5) is 0 Å². The van der Waals surface area contributed by atoms with E-state index in [0.29, 0.717) is 54.8 Å². The Kier molecular flexibility index (Phi) is 10.5. The number of aromatic nitrogens is 3. The number of pyridine rings is 1. The monoisotopic (exact) mass is 851 g/mol. The minimum atomic E-state index is -0.987. The van der Waals surface area contributed by atoms with Crippen molar-refractivity contribution in [2.45, 2.75) is 109 Å². The number of Topliss-reactive ketones (excluding diaryl/α,β-unsaturated/α-hetero) is 1. The summed E-state index contributed by atoms with van der Waals surface area (Å²) in [6.07, 6.45) is 2.83. The number of rotatable bonds is 8. The van der Waals surface area contributed by atoms with Crippen molar-refractivity contribution in [1.29, 1.82) is 0 Å². The van der Waals surface area contributed by atoms with Gasteiger partial charge in [-0.1, -0.05) is 33.8 Å². The lowest BCUT2D eigenvalue weighted by atomic mass is 9.84. The van der Waals surface area contributed by atoms with E-state index in [2.05, 4.69) is 60.4 Å². The van der Waals surface area contributed by atoms with Gasteiger partial charge in [0.1, 0.15) is 6.04 Å². The number of carbonyl (C=O) groups excluding carboxylic acids is 3. The van der Waals surface area contributed by atoms with Gasteiger partial charge in [0.15, 0.2) is 12.1 Å². The molecular weight excluding hydrogens is 795 g/mol. The first-order chi connectivity index (χ1) is 28.7. The third-order valence-corrected chi connectivity index (χ3v) is 17.0. The van der Waals surface area contributed by atoms with E-state index in [-0.39, 0.29) is 41.8 Å². The predicted molar refractivity (Wildman–Crippen MR) is 231 cm³/mol. The molecule has 4 aliphatic heterocycles. The molecule has 1 amide bonds. The van der Waals surface area contributed by atoms with Crippen molar-refractivity contribution in [2.75, 3.05) is 40.4 Å². The molecule has 1 saturated carbocycles. The van der Waals surface area contributed by atoms with E-state index in [4.69, 9.17) is 19.4 Å². The maximum Gasteiger partial charge on any atom is 0.324 e. The largest absolute Gasteiger partial charge is 0.464 e. The molecule has 7 heterocycles. The minimum Gasteiger partial charge on any atom is -0.464 e. The topological polar surface area (TPSA) is 142 Å². The summed E-state index contributed by atoms with van der Waals surface area (Å²) in [5.41, 5.74) is 8.69. The third-order valence-electron chi connectivity index (χ3n) is 13.8. The van der Waals surface area contributed by atoms with E-state index >= 15 is 9.59 Å². The van der Waals surface area contributed by atoms with Gasteiger partial charge in [-0.2, -0.15) is 0 Å². The van der Waals surface area contributed by atoms with Crippen LogP contribution in [-0.4, -0.2) is 120 Å². The Hall–Kier alpha value is -3.83. The number of ketones is 1. The van der Waals surface area contributed by atoms with Crippen molar-refractivity contribution in [1.82, 2.24) is 34.8 Å². The molecule has 318 valence electrons. The molecule has 1 spiro atoms. The number of hydrogen-bond donors (Lipinski definition) is 2. The lowest BCUT2D eigenvalue weighted by molar-refractivity contribution is -0.157. The molecule has 3 saturated heterocycles. The molecule has 1 aromatic carbocycles. The first-order valence-electron chi connectivity index (χ1n) is 21.5. The SMILES string of the molecule is CCn1c(-c2cccnc2[C@H](C)OC)c2c3cc(ccc31)-c1csc(n1)CC1(C(=O)N3CCC[C@H](N3)C(=O)OCC(C)(C)C2)C2[Si][C@@]21C(=O)C(C(C)C)N1CCN(C)C1O. The lowest BCUT2D eigenvalue weighted by Crippen LogP contribution is -2.59. The number of methoxy groups -OCH3 is 1. The number of aliphatic hydroxyl groups is 1. The Morgan fingerprint density at radius 2 is 1.95 bits per heavy atom. The molecule has 5 aliphatic rings. The van der Waals surface area contributed by atoms with E-state index in [1.165, 1.54) is 11.3 Å². The number of fused-ring (bicyclic) bond motifs is 9. The number of nitrogens with zero attached hydrogens (tertiary/aromatic N) is 6. The van der Waals surface area contributed by atoms with Crippen molar-refractivity contribution < 1.29 is 29.0 Å². The highest BCUT2D eigenvalue weighted by Gasteiger charge is 2.95. The Morgan fingerprint density at radius 3 is 2.65 bits per heavy atom. The van der Waals surface area contributed by atoms with Gasteiger partial charge in [-0.3, -0.25) is 34.2 Å². The second-order valence-corrected chi connectivity index (χ2v) is 21.2. The number of likely N-dealkylation sites (N-methyl/N-ethyl adjacent to an activating group) is 1. The molecule has 60 heavy (non-hydrogen) atoms. The van der Waals surface area contributed by atoms with Crippen LogP contribution >= 0.6 is 11.3 Å². The van der Waals surface area contributed by atoms with Gasteiger partial charge < -0.3 is 19.1 Å².